The summed E-state index contributed by atoms with van der Waals surface area (Å²) < 4.78 is 1.61. The quantitative estimate of drug-likeness (QED) is 0.908. The van der Waals surface area contributed by atoms with E-state index in [0.29, 0.717) is 24.5 Å². The molecule has 1 N–H and O–H groups in total. The van der Waals surface area contributed by atoms with Gasteiger partial charge in [0, 0.05) is 31.4 Å². The van der Waals surface area contributed by atoms with Crippen molar-refractivity contribution in [1.29, 1.82) is 0 Å². The Balaban J connectivity index is 1.79. The molecule has 2 aromatic rings. The molecule has 7 heteroatoms. The number of piperidine rings is 1. The van der Waals surface area contributed by atoms with Crippen LogP contribution in [0.25, 0.3) is 5.82 Å². The van der Waals surface area contributed by atoms with E-state index in [-0.39, 0.29) is 18.4 Å². The van der Waals surface area contributed by atoms with Gasteiger partial charge in [-0.05, 0) is 43.9 Å². The first kappa shape index (κ1) is 16.2. The number of aromatic nitrogens is 3. The molecule has 1 amide bonds. The molecule has 0 bridgehead atoms. The Hall–Kier alpha value is -2.70. The topological polar surface area (TPSA) is 88.3 Å². The fourth-order valence-electron chi connectivity index (χ4n) is 3.08. The molecule has 3 rings (SSSR count). The molecule has 1 aliphatic rings. The predicted molar refractivity (Wildman–Crippen MR) is 86.9 cm³/mol. The van der Waals surface area contributed by atoms with E-state index in [4.69, 9.17) is 5.11 Å². The van der Waals surface area contributed by atoms with Gasteiger partial charge in [-0.25, -0.2) is 9.67 Å². The summed E-state index contributed by atoms with van der Waals surface area (Å²) in [5.74, 6) is -0.379. The number of amides is 1. The van der Waals surface area contributed by atoms with Gasteiger partial charge >= 0.3 is 5.97 Å². The molecule has 7 nitrogen and oxygen atoms in total. The van der Waals surface area contributed by atoms with Crippen LogP contribution in [0.15, 0.2) is 36.7 Å². The minimum atomic E-state index is -0.827. The van der Waals surface area contributed by atoms with Crippen LogP contribution in [0.3, 0.4) is 0 Å². The van der Waals surface area contributed by atoms with Crippen LogP contribution in [0.1, 0.15) is 42.6 Å². The first-order valence-electron chi connectivity index (χ1n) is 8.15. The number of carboxylic acid groups (broad SMARTS) is 1. The number of carbonyl (C=O) groups excluding carboxylic acids is 1. The second-order valence-electron chi connectivity index (χ2n) is 5.91. The Bertz CT molecular complexity index is 714. The fraction of sp³-hybridized carbons (Fsp3) is 0.412. The molecule has 24 heavy (non-hydrogen) atoms. The standard InChI is InChI=1S/C17H20N4O3/c22-16(23)9-8-13-5-1-2-11-20(13)17(24)14-6-3-7-15(19-14)21-12-4-10-18-21/h3-4,6-7,10,12-13H,1-2,5,8-9,11H2,(H,22,23). The van der Waals surface area contributed by atoms with Crippen LogP contribution in [0.5, 0.6) is 0 Å². The smallest absolute Gasteiger partial charge is 0.303 e. The lowest BCUT2D eigenvalue weighted by atomic mass is 9.97. The second-order valence-corrected chi connectivity index (χ2v) is 5.91. The average molecular weight is 328 g/mol. The summed E-state index contributed by atoms with van der Waals surface area (Å²) in [5.41, 5.74) is 0.366. The lowest BCUT2D eigenvalue weighted by Gasteiger charge is -2.35. The monoisotopic (exact) mass is 328 g/mol. The molecule has 0 aliphatic carbocycles. The van der Waals surface area contributed by atoms with Crippen molar-refractivity contribution in [3.05, 3.63) is 42.4 Å². The van der Waals surface area contributed by atoms with Crippen molar-refractivity contribution >= 4 is 11.9 Å². The van der Waals surface area contributed by atoms with Crippen LogP contribution in [0.4, 0.5) is 0 Å². The van der Waals surface area contributed by atoms with Crippen LogP contribution < -0.4 is 0 Å². The van der Waals surface area contributed by atoms with Crippen molar-refractivity contribution in [3.8, 4) is 5.82 Å². The van der Waals surface area contributed by atoms with Gasteiger partial charge in [0.25, 0.3) is 5.91 Å². The van der Waals surface area contributed by atoms with Gasteiger partial charge in [-0.1, -0.05) is 6.07 Å². The molecule has 1 unspecified atom stereocenters. The fourth-order valence-corrected chi connectivity index (χ4v) is 3.08. The third kappa shape index (κ3) is 3.61. The number of aliphatic carboxylic acids is 1. The maximum Gasteiger partial charge on any atom is 0.303 e. The lowest BCUT2D eigenvalue weighted by Crippen LogP contribution is -2.44. The summed E-state index contributed by atoms with van der Waals surface area (Å²) in [6, 6.07) is 7.04. The van der Waals surface area contributed by atoms with E-state index in [1.54, 1.807) is 46.2 Å². The molecule has 3 heterocycles. The molecular formula is C17H20N4O3. The Morgan fingerprint density at radius 3 is 2.88 bits per heavy atom. The highest BCUT2D eigenvalue weighted by molar-refractivity contribution is 5.92. The van der Waals surface area contributed by atoms with Crippen LogP contribution in [0.2, 0.25) is 0 Å². The second kappa shape index (κ2) is 7.25. The van der Waals surface area contributed by atoms with E-state index in [0.717, 1.165) is 19.3 Å². The van der Waals surface area contributed by atoms with Crippen molar-refractivity contribution in [2.45, 2.75) is 38.1 Å². The molecule has 0 radical (unpaired) electrons. The summed E-state index contributed by atoms with van der Waals surface area (Å²) in [5, 5.41) is 13.0. The number of pyridine rings is 1. The van der Waals surface area contributed by atoms with E-state index in [1.807, 2.05) is 0 Å². The highest BCUT2D eigenvalue weighted by atomic mass is 16.4. The molecule has 2 aromatic heterocycles. The molecule has 1 fully saturated rings. The van der Waals surface area contributed by atoms with Crippen molar-refractivity contribution in [3.63, 3.8) is 0 Å². The van der Waals surface area contributed by atoms with E-state index in [2.05, 4.69) is 10.1 Å². The van der Waals surface area contributed by atoms with E-state index >= 15 is 0 Å². The number of likely N-dealkylation sites (tertiary alicyclic amines) is 1. The molecule has 0 aromatic carbocycles. The lowest BCUT2D eigenvalue weighted by molar-refractivity contribution is -0.137. The van der Waals surface area contributed by atoms with Gasteiger partial charge in [-0.3, -0.25) is 9.59 Å². The van der Waals surface area contributed by atoms with Gasteiger partial charge in [-0.15, -0.1) is 0 Å². The number of carboxylic acids is 1. The molecule has 1 aliphatic heterocycles. The van der Waals surface area contributed by atoms with Crippen LogP contribution >= 0.6 is 0 Å². The third-order valence-electron chi connectivity index (χ3n) is 4.27. The van der Waals surface area contributed by atoms with Gasteiger partial charge in [0.1, 0.15) is 5.69 Å². The molecule has 0 spiro atoms. The molecule has 0 saturated carbocycles. The zero-order chi connectivity index (χ0) is 16.9. The Kier molecular flexibility index (Phi) is 4.88. The van der Waals surface area contributed by atoms with Gasteiger partial charge in [0.05, 0.1) is 0 Å². The minimum absolute atomic E-state index is 0.0301. The molecule has 1 atom stereocenters. The van der Waals surface area contributed by atoms with E-state index in [1.165, 1.54) is 0 Å². The Labute approximate surface area is 139 Å². The number of hydrogen-bond donors (Lipinski definition) is 1. The first-order chi connectivity index (χ1) is 11.6. The number of nitrogens with zero attached hydrogens (tertiary/aromatic N) is 4. The van der Waals surface area contributed by atoms with Gasteiger partial charge in [0.15, 0.2) is 5.82 Å². The van der Waals surface area contributed by atoms with Crippen molar-refractivity contribution in [1.82, 2.24) is 19.7 Å². The maximum atomic E-state index is 12.9. The van der Waals surface area contributed by atoms with Gasteiger partial charge in [0.2, 0.25) is 0 Å². The number of hydrogen-bond acceptors (Lipinski definition) is 4. The van der Waals surface area contributed by atoms with Crippen LogP contribution in [0, 0.1) is 0 Å². The van der Waals surface area contributed by atoms with Gasteiger partial charge in [-0.2, -0.15) is 5.10 Å². The Morgan fingerprint density at radius 2 is 2.12 bits per heavy atom. The predicted octanol–water partition coefficient (Wildman–Crippen LogP) is 2.13. The normalized spacial score (nSPS) is 17.7. The first-order valence-corrected chi connectivity index (χ1v) is 8.15. The SMILES string of the molecule is O=C(O)CCC1CCCCN1C(=O)c1cccc(-n2cccn2)n1. The van der Waals surface area contributed by atoms with Crippen molar-refractivity contribution < 1.29 is 14.7 Å². The maximum absolute atomic E-state index is 12.9. The average Bonchev–Trinajstić information content (AvgIpc) is 3.14. The Morgan fingerprint density at radius 1 is 1.25 bits per heavy atom. The molecule has 1 saturated heterocycles. The van der Waals surface area contributed by atoms with Crippen molar-refractivity contribution in [2.24, 2.45) is 0 Å². The van der Waals surface area contributed by atoms with Crippen LogP contribution in [-0.4, -0.2) is 49.2 Å². The summed E-state index contributed by atoms with van der Waals surface area (Å²) in [4.78, 5) is 29.9. The summed E-state index contributed by atoms with van der Waals surface area (Å²) in [6.45, 7) is 0.650. The molecule has 126 valence electrons. The van der Waals surface area contributed by atoms with E-state index < -0.39 is 5.97 Å². The number of carbonyl (C=O) groups is 2. The number of rotatable bonds is 5. The zero-order valence-corrected chi connectivity index (χ0v) is 13.3. The third-order valence-corrected chi connectivity index (χ3v) is 4.27. The van der Waals surface area contributed by atoms with Crippen molar-refractivity contribution in [2.75, 3.05) is 6.54 Å². The highest BCUT2D eigenvalue weighted by Gasteiger charge is 2.28. The van der Waals surface area contributed by atoms with Gasteiger partial charge < -0.3 is 10.0 Å². The van der Waals surface area contributed by atoms with Crippen LogP contribution in [-0.2, 0) is 4.79 Å². The largest absolute Gasteiger partial charge is 0.481 e. The summed E-state index contributed by atoms with van der Waals surface area (Å²) in [7, 11) is 0. The van der Waals surface area contributed by atoms with E-state index in [9.17, 15) is 9.59 Å². The molecular weight excluding hydrogens is 308 g/mol. The summed E-state index contributed by atoms with van der Waals surface area (Å²) in [6.07, 6.45) is 6.80. The minimum Gasteiger partial charge on any atom is -0.481 e. The highest BCUT2D eigenvalue weighted by Crippen LogP contribution is 2.23. The summed E-state index contributed by atoms with van der Waals surface area (Å²) >= 11 is 0. The zero-order valence-electron chi connectivity index (χ0n) is 13.3.